The molecule has 0 aromatic heterocycles. The number of rotatable bonds is 5. The van der Waals surface area contributed by atoms with E-state index in [0.717, 1.165) is 5.56 Å². The van der Waals surface area contributed by atoms with E-state index in [0.29, 0.717) is 5.75 Å². The Labute approximate surface area is 132 Å². The monoisotopic (exact) mass is 328 g/mol. The van der Waals surface area contributed by atoms with Gasteiger partial charge in [0.15, 0.2) is 0 Å². The van der Waals surface area contributed by atoms with Crippen LogP contribution in [-0.4, -0.2) is 63.7 Å². The van der Waals surface area contributed by atoms with E-state index < -0.39 is 37.3 Å². The van der Waals surface area contributed by atoms with Gasteiger partial charge in [-0.25, -0.2) is 0 Å². The average molecular weight is 328 g/mol. The van der Waals surface area contributed by atoms with Crippen molar-refractivity contribution in [3.05, 3.63) is 29.8 Å². The molecule has 0 saturated carbocycles. The number of carbonyl (C=O) groups is 1. The van der Waals surface area contributed by atoms with Crippen LogP contribution in [0.1, 0.15) is 12.5 Å². The molecular weight excluding hydrogens is 308 g/mol. The summed E-state index contributed by atoms with van der Waals surface area (Å²) in [4.78, 5) is 10.7. The zero-order valence-electron chi connectivity index (χ0n) is 12.5. The van der Waals surface area contributed by atoms with Crippen LogP contribution in [0.15, 0.2) is 24.3 Å². The number of esters is 1. The SMILES string of the molecule is CC(=O)OCc1ccc(OC2O[C@H](CO)[C@@H](O)[C@H](O)[C@H]2O)cc1. The van der Waals surface area contributed by atoms with E-state index >= 15 is 0 Å². The van der Waals surface area contributed by atoms with Gasteiger partial charge in [-0.15, -0.1) is 0 Å². The minimum Gasteiger partial charge on any atom is -0.462 e. The molecule has 0 amide bonds. The molecule has 1 aromatic carbocycles. The first-order valence-corrected chi connectivity index (χ1v) is 7.12. The molecule has 1 saturated heterocycles. The Hall–Kier alpha value is -1.71. The van der Waals surface area contributed by atoms with Gasteiger partial charge in [-0.05, 0) is 17.7 Å². The lowest BCUT2D eigenvalue weighted by Crippen LogP contribution is -2.60. The molecule has 0 aliphatic carbocycles. The van der Waals surface area contributed by atoms with Crippen molar-refractivity contribution in [2.24, 2.45) is 0 Å². The summed E-state index contributed by atoms with van der Waals surface area (Å²) in [5.41, 5.74) is 0.751. The molecule has 4 N–H and O–H groups in total. The largest absolute Gasteiger partial charge is 0.462 e. The summed E-state index contributed by atoms with van der Waals surface area (Å²) in [6.07, 6.45) is -6.64. The van der Waals surface area contributed by atoms with Crippen molar-refractivity contribution in [2.45, 2.75) is 44.2 Å². The van der Waals surface area contributed by atoms with Crippen LogP contribution < -0.4 is 4.74 Å². The quantitative estimate of drug-likeness (QED) is 0.503. The molecule has 1 unspecified atom stereocenters. The molecule has 23 heavy (non-hydrogen) atoms. The van der Waals surface area contributed by atoms with Crippen LogP contribution in [0.4, 0.5) is 0 Å². The van der Waals surface area contributed by atoms with E-state index in [9.17, 15) is 20.1 Å². The molecule has 5 atom stereocenters. The molecule has 2 rings (SSSR count). The molecule has 0 bridgehead atoms. The normalized spacial score (nSPS) is 30.7. The summed E-state index contributed by atoms with van der Waals surface area (Å²) in [6, 6.07) is 6.51. The lowest BCUT2D eigenvalue weighted by molar-refractivity contribution is -0.277. The smallest absolute Gasteiger partial charge is 0.302 e. The first-order valence-electron chi connectivity index (χ1n) is 7.12. The number of hydrogen-bond donors (Lipinski definition) is 4. The van der Waals surface area contributed by atoms with Crippen molar-refractivity contribution in [3.8, 4) is 5.75 Å². The van der Waals surface area contributed by atoms with Gasteiger partial charge in [0.25, 0.3) is 0 Å². The van der Waals surface area contributed by atoms with Gasteiger partial charge in [-0.1, -0.05) is 12.1 Å². The highest BCUT2D eigenvalue weighted by Gasteiger charge is 2.44. The fourth-order valence-electron chi connectivity index (χ4n) is 2.15. The predicted molar refractivity (Wildman–Crippen MR) is 76.3 cm³/mol. The Bertz CT molecular complexity index is 515. The molecule has 1 heterocycles. The third-order valence-electron chi connectivity index (χ3n) is 3.47. The van der Waals surface area contributed by atoms with Crippen LogP contribution in [0.25, 0.3) is 0 Å². The number of aliphatic hydroxyl groups excluding tert-OH is 4. The van der Waals surface area contributed by atoms with E-state index in [-0.39, 0.29) is 12.6 Å². The topological polar surface area (TPSA) is 126 Å². The van der Waals surface area contributed by atoms with Crippen LogP contribution in [0, 0.1) is 0 Å². The molecule has 1 aliphatic heterocycles. The Morgan fingerprint density at radius 2 is 1.78 bits per heavy atom. The van der Waals surface area contributed by atoms with Gasteiger partial charge in [-0.2, -0.15) is 0 Å². The first-order chi connectivity index (χ1) is 10.9. The lowest BCUT2D eigenvalue weighted by atomic mass is 9.99. The molecule has 0 spiro atoms. The minimum absolute atomic E-state index is 0.135. The van der Waals surface area contributed by atoms with Gasteiger partial charge in [0.2, 0.25) is 6.29 Å². The average Bonchev–Trinajstić information content (AvgIpc) is 2.54. The van der Waals surface area contributed by atoms with E-state index in [2.05, 4.69) is 0 Å². The Balaban J connectivity index is 1.99. The van der Waals surface area contributed by atoms with Crippen molar-refractivity contribution in [3.63, 3.8) is 0 Å². The standard InChI is InChI=1S/C15H20O8/c1-8(17)21-7-9-2-4-10(5-3-9)22-15-14(20)13(19)12(18)11(6-16)23-15/h2-5,11-16,18-20H,6-7H2,1H3/t11-,12-,13+,14-,15?/m1/s1. The third-order valence-corrected chi connectivity index (χ3v) is 3.47. The number of aliphatic hydroxyl groups is 4. The van der Waals surface area contributed by atoms with Crippen molar-refractivity contribution in [1.82, 2.24) is 0 Å². The third kappa shape index (κ3) is 4.40. The Morgan fingerprint density at radius 1 is 1.13 bits per heavy atom. The van der Waals surface area contributed by atoms with Gasteiger partial charge >= 0.3 is 5.97 Å². The Morgan fingerprint density at radius 3 is 2.35 bits per heavy atom. The van der Waals surface area contributed by atoms with Gasteiger partial charge in [0.05, 0.1) is 6.61 Å². The molecule has 1 aromatic rings. The Kier molecular flexibility index (Phi) is 5.91. The number of ether oxygens (including phenoxy) is 3. The van der Waals surface area contributed by atoms with Crippen molar-refractivity contribution in [2.75, 3.05) is 6.61 Å². The molecule has 1 aliphatic rings. The maximum absolute atomic E-state index is 10.7. The second kappa shape index (κ2) is 7.71. The summed E-state index contributed by atoms with van der Waals surface area (Å²) < 4.78 is 15.5. The molecule has 128 valence electrons. The van der Waals surface area contributed by atoms with Gasteiger partial charge in [-0.3, -0.25) is 4.79 Å². The maximum atomic E-state index is 10.7. The fourth-order valence-corrected chi connectivity index (χ4v) is 2.15. The van der Waals surface area contributed by atoms with Gasteiger partial charge < -0.3 is 34.6 Å². The van der Waals surface area contributed by atoms with Crippen molar-refractivity contribution in [1.29, 1.82) is 0 Å². The summed E-state index contributed by atoms with van der Waals surface area (Å²) in [5, 5.41) is 38.4. The highest BCUT2D eigenvalue weighted by Crippen LogP contribution is 2.24. The van der Waals surface area contributed by atoms with Crippen LogP contribution in [0.5, 0.6) is 5.75 Å². The second-order valence-electron chi connectivity index (χ2n) is 5.24. The van der Waals surface area contributed by atoms with E-state index in [1.54, 1.807) is 24.3 Å². The number of carbonyl (C=O) groups excluding carboxylic acids is 1. The van der Waals surface area contributed by atoms with Crippen molar-refractivity contribution >= 4 is 5.97 Å². The van der Waals surface area contributed by atoms with Crippen LogP contribution in [-0.2, 0) is 20.9 Å². The summed E-state index contributed by atoms with van der Waals surface area (Å²) in [6.45, 7) is 0.929. The van der Waals surface area contributed by atoms with Gasteiger partial charge in [0, 0.05) is 6.92 Å². The van der Waals surface area contributed by atoms with Crippen LogP contribution in [0.2, 0.25) is 0 Å². The zero-order chi connectivity index (χ0) is 17.0. The maximum Gasteiger partial charge on any atom is 0.302 e. The van der Waals surface area contributed by atoms with Crippen molar-refractivity contribution < 1.29 is 39.4 Å². The first kappa shape index (κ1) is 17.6. The molecular formula is C15H20O8. The minimum atomic E-state index is -1.49. The lowest BCUT2D eigenvalue weighted by Gasteiger charge is -2.39. The predicted octanol–water partition coefficient (Wildman–Crippen LogP) is -1.07. The highest BCUT2D eigenvalue weighted by atomic mass is 16.7. The van der Waals surface area contributed by atoms with E-state index in [4.69, 9.17) is 19.3 Å². The summed E-state index contributed by atoms with van der Waals surface area (Å²) >= 11 is 0. The molecule has 0 radical (unpaired) electrons. The zero-order valence-corrected chi connectivity index (χ0v) is 12.5. The number of hydrogen-bond acceptors (Lipinski definition) is 8. The van der Waals surface area contributed by atoms with Crippen LogP contribution in [0.3, 0.4) is 0 Å². The van der Waals surface area contributed by atoms with E-state index in [1.807, 2.05) is 0 Å². The molecule has 8 nitrogen and oxygen atoms in total. The van der Waals surface area contributed by atoms with Gasteiger partial charge in [0.1, 0.15) is 36.8 Å². The fraction of sp³-hybridized carbons (Fsp3) is 0.533. The second-order valence-corrected chi connectivity index (χ2v) is 5.24. The molecule has 8 heteroatoms. The summed E-state index contributed by atoms with van der Waals surface area (Å²) in [5.74, 6) is -0.0347. The highest BCUT2D eigenvalue weighted by molar-refractivity contribution is 5.65. The van der Waals surface area contributed by atoms with E-state index in [1.165, 1.54) is 6.92 Å². The molecule has 1 fully saturated rings. The van der Waals surface area contributed by atoms with Crippen LogP contribution >= 0.6 is 0 Å². The number of benzene rings is 1. The summed E-state index contributed by atoms with van der Waals surface area (Å²) in [7, 11) is 0.